The highest BCUT2D eigenvalue weighted by Gasteiger charge is 2.20. The summed E-state index contributed by atoms with van der Waals surface area (Å²) >= 11 is 0. The van der Waals surface area contributed by atoms with Gasteiger partial charge in [-0.25, -0.2) is 14.5 Å². The first-order valence-electron chi connectivity index (χ1n) is 6.15. The Kier molecular flexibility index (Phi) is 2.51. The summed E-state index contributed by atoms with van der Waals surface area (Å²) < 4.78 is 1.85. The largest absolute Gasteiger partial charge is 0.364 e. The molecular weight excluding hydrogens is 240 g/mol. The normalized spacial score (nSPS) is 11.9. The van der Waals surface area contributed by atoms with Gasteiger partial charge in [0.2, 0.25) is 0 Å². The topological polar surface area (TPSA) is 70.9 Å². The third-order valence-electron chi connectivity index (χ3n) is 2.67. The lowest BCUT2D eigenvalue weighted by atomic mass is 10.1. The van der Waals surface area contributed by atoms with Gasteiger partial charge in [-0.2, -0.15) is 0 Å². The van der Waals surface area contributed by atoms with Crippen LogP contribution in [0, 0.1) is 0 Å². The molecule has 0 aromatic carbocycles. The van der Waals surface area contributed by atoms with Gasteiger partial charge in [0, 0.05) is 23.5 Å². The Balaban J connectivity index is 2.18. The molecule has 3 aromatic heterocycles. The van der Waals surface area contributed by atoms with Crippen molar-refractivity contribution in [3.63, 3.8) is 0 Å². The zero-order valence-corrected chi connectivity index (χ0v) is 11.2. The van der Waals surface area contributed by atoms with Crippen molar-refractivity contribution in [3.8, 4) is 11.3 Å². The summed E-state index contributed by atoms with van der Waals surface area (Å²) in [6.45, 7) is 6.33. The molecular formula is C13H16N6. The number of nitrogens with zero attached hydrogens (tertiary/aromatic N) is 4. The molecule has 0 atom stereocenters. The van der Waals surface area contributed by atoms with E-state index in [-0.39, 0.29) is 5.54 Å². The van der Waals surface area contributed by atoms with E-state index in [1.807, 2.05) is 16.6 Å². The molecule has 3 heterocycles. The molecule has 6 nitrogen and oxygen atoms in total. The van der Waals surface area contributed by atoms with Gasteiger partial charge in [0.15, 0.2) is 5.82 Å². The van der Waals surface area contributed by atoms with Crippen LogP contribution in [0.4, 0.5) is 5.82 Å². The van der Waals surface area contributed by atoms with Gasteiger partial charge in [0.1, 0.15) is 12.0 Å². The predicted molar refractivity (Wildman–Crippen MR) is 73.9 cm³/mol. The summed E-state index contributed by atoms with van der Waals surface area (Å²) in [6.07, 6.45) is 5.15. The molecule has 19 heavy (non-hydrogen) atoms. The van der Waals surface area contributed by atoms with Crippen molar-refractivity contribution in [2.45, 2.75) is 26.3 Å². The Bertz CT molecular complexity index is 689. The van der Waals surface area contributed by atoms with Crippen molar-refractivity contribution in [1.82, 2.24) is 24.6 Å². The molecule has 0 aliphatic heterocycles. The third kappa shape index (κ3) is 2.16. The second kappa shape index (κ2) is 4.08. The zero-order chi connectivity index (χ0) is 13.5. The Morgan fingerprint density at radius 2 is 1.95 bits per heavy atom. The minimum Gasteiger partial charge on any atom is -0.364 e. The second-order valence-corrected chi connectivity index (χ2v) is 5.44. The maximum absolute atomic E-state index is 4.56. The van der Waals surface area contributed by atoms with Crippen LogP contribution in [0.5, 0.6) is 0 Å². The van der Waals surface area contributed by atoms with Crippen LogP contribution >= 0.6 is 0 Å². The molecule has 0 bridgehead atoms. The first kappa shape index (κ1) is 11.7. The van der Waals surface area contributed by atoms with Crippen LogP contribution in [0.2, 0.25) is 0 Å². The van der Waals surface area contributed by atoms with E-state index in [4.69, 9.17) is 0 Å². The van der Waals surface area contributed by atoms with Crippen molar-refractivity contribution in [1.29, 1.82) is 0 Å². The highest BCUT2D eigenvalue weighted by molar-refractivity contribution is 5.75. The van der Waals surface area contributed by atoms with E-state index >= 15 is 0 Å². The zero-order valence-electron chi connectivity index (χ0n) is 11.2. The molecule has 0 spiro atoms. The fourth-order valence-corrected chi connectivity index (χ4v) is 1.94. The summed E-state index contributed by atoms with van der Waals surface area (Å²) in [6, 6.07) is 3.88. The van der Waals surface area contributed by atoms with E-state index in [1.165, 1.54) is 0 Å². The first-order chi connectivity index (χ1) is 9.04. The number of H-pyrrole nitrogens is 1. The third-order valence-corrected chi connectivity index (χ3v) is 2.67. The van der Waals surface area contributed by atoms with Gasteiger partial charge in [0.05, 0.1) is 0 Å². The lowest BCUT2D eigenvalue weighted by molar-refractivity contribution is 0.627. The van der Waals surface area contributed by atoms with Crippen LogP contribution in [-0.4, -0.2) is 30.1 Å². The first-order valence-corrected chi connectivity index (χ1v) is 6.15. The van der Waals surface area contributed by atoms with E-state index in [2.05, 4.69) is 46.1 Å². The predicted octanol–water partition coefficient (Wildman–Crippen LogP) is 2.33. The lowest BCUT2D eigenvalue weighted by Crippen LogP contribution is -2.27. The van der Waals surface area contributed by atoms with Gasteiger partial charge in [-0.05, 0) is 32.9 Å². The standard InChI is InChI=1S/C13H16N6/c1-13(2,3)18-11-10(9-4-6-14-7-5-9)17-12-15-8-16-19(11)12/h4-8,18H,1-3H3,(H,15,16,17). The van der Waals surface area contributed by atoms with E-state index < -0.39 is 0 Å². The molecule has 0 radical (unpaired) electrons. The van der Waals surface area contributed by atoms with Gasteiger partial charge >= 0.3 is 0 Å². The van der Waals surface area contributed by atoms with Gasteiger partial charge in [-0.1, -0.05) is 0 Å². The van der Waals surface area contributed by atoms with Crippen LogP contribution in [-0.2, 0) is 0 Å². The Labute approximate surface area is 110 Å². The van der Waals surface area contributed by atoms with Gasteiger partial charge in [0.25, 0.3) is 5.78 Å². The van der Waals surface area contributed by atoms with Gasteiger partial charge in [-0.15, -0.1) is 0 Å². The van der Waals surface area contributed by atoms with Crippen molar-refractivity contribution < 1.29 is 0 Å². The maximum Gasteiger partial charge on any atom is 0.252 e. The number of hydrogen-bond acceptors (Lipinski definition) is 4. The highest BCUT2D eigenvalue weighted by Crippen LogP contribution is 2.29. The Hall–Kier alpha value is -2.37. The molecule has 0 unspecified atom stereocenters. The monoisotopic (exact) mass is 256 g/mol. The van der Waals surface area contributed by atoms with E-state index in [1.54, 1.807) is 18.7 Å². The molecule has 6 heteroatoms. The molecule has 2 N–H and O–H groups in total. The summed E-state index contributed by atoms with van der Waals surface area (Å²) in [5, 5.41) is 6.53. The number of fused-ring (bicyclic) bond motifs is 1. The number of anilines is 1. The van der Waals surface area contributed by atoms with Crippen LogP contribution in [0.25, 0.3) is 17.0 Å². The molecule has 0 saturated heterocycles. The average molecular weight is 256 g/mol. The molecule has 0 fully saturated rings. The fourth-order valence-electron chi connectivity index (χ4n) is 1.94. The summed E-state index contributed by atoms with van der Waals surface area (Å²) in [7, 11) is 0. The number of pyridine rings is 1. The minimum absolute atomic E-state index is 0.0666. The minimum atomic E-state index is -0.0666. The van der Waals surface area contributed by atoms with Crippen LogP contribution in [0.3, 0.4) is 0 Å². The van der Waals surface area contributed by atoms with Gasteiger partial charge < -0.3 is 5.32 Å². The summed E-state index contributed by atoms with van der Waals surface area (Å²) in [5.74, 6) is 1.56. The molecule has 0 amide bonds. The second-order valence-electron chi connectivity index (χ2n) is 5.44. The van der Waals surface area contributed by atoms with E-state index in [9.17, 15) is 0 Å². The van der Waals surface area contributed by atoms with Crippen LogP contribution < -0.4 is 5.32 Å². The highest BCUT2D eigenvalue weighted by atomic mass is 15.4. The lowest BCUT2D eigenvalue weighted by Gasteiger charge is -2.22. The molecule has 0 saturated carbocycles. The quantitative estimate of drug-likeness (QED) is 0.738. The van der Waals surface area contributed by atoms with Gasteiger partial charge in [-0.3, -0.25) is 10.1 Å². The van der Waals surface area contributed by atoms with Crippen molar-refractivity contribution >= 4 is 11.6 Å². The number of aromatic nitrogens is 5. The number of rotatable bonds is 2. The van der Waals surface area contributed by atoms with Crippen LogP contribution in [0.1, 0.15) is 20.8 Å². The van der Waals surface area contributed by atoms with Crippen molar-refractivity contribution in [2.75, 3.05) is 5.32 Å². The smallest absolute Gasteiger partial charge is 0.252 e. The van der Waals surface area contributed by atoms with E-state index in [0.29, 0.717) is 5.78 Å². The summed E-state index contributed by atoms with van der Waals surface area (Å²) in [5.41, 5.74) is 1.82. The molecule has 0 aliphatic rings. The Morgan fingerprint density at radius 1 is 1.21 bits per heavy atom. The number of nitrogens with one attached hydrogen (secondary N) is 2. The number of aromatic amines is 1. The molecule has 98 valence electrons. The fraction of sp³-hybridized carbons (Fsp3) is 0.308. The molecule has 3 aromatic rings. The van der Waals surface area contributed by atoms with Crippen molar-refractivity contribution in [2.24, 2.45) is 0 Å². The molecule has 0 aliphatic carbocycles. The Morgan fingerprint density at radius 3 is 2.63 bits per heavy atom. The van der Waals surface area contributed by atoms with Crippen molar-refractivity contribution in [3.05, 3.63) is 30.9 Å². The van der Waals surface area contributed by atoms with Crippen LogP contribution in [0.15, 0.2) is 30.9 Å². The maximum atomic E-state index is 4.56. The number of imidazole rings is 1. The van der Waals surface area contributed by atoms with E-state index in [0.717, 1.165) is 17.1 Å². The molecule has 3 rings (SSSR count). The average Bonchev–Trinajstić information content (AvgIpc) is 2.92. The summed E-state index contributed by atoms with van der Waals surface area (Å²) in [4.78, 5) is 12.8. The SMILES string of the molecule is CC(C)(C)Nc1c(-c2ccncc2)nc2nc[nH]n12. The number of hydrogen-bond donors (Lipinski definition) is 2.